The molecular weight excluding hydrogens is 505 g/mol. The number of sulfonamides is 1. The van der Waals surface area contributed by atoms with Crippen molar-refractivity contribution in [2.75, 3.05) is 19.8 Å². The second kappa shape index (κ2) is 8.87. The Morgan fingerprint density at radius 1 is 1.08 bits per heavy atom. The molecule has 0 aliphatic carbocycles. The van der Waals surface area contributed by atoms with E-state index in [4.69, 9.17) is 4.42 Å². The molecular formula is C24H22FN5O4S2. The Morgan fingerprint density at radius 2 is 1.81 bits per heavy atom. The molecule has 0 spiro atoms. The Balaban J connectivity index is 1.45. The van der Waals surface area contributed by atoms with Crippen molar-refractivity contribution in [2.24, 2.45) is 0 Å². The van der Waals surface area contributed by atoms with Crippen molar-refractivity contribution in [1.82, 2.24) is 23.5 Å². The van der Waals surface area contributed by atoms with Crippen molar-refractivity contribution >= 4 is 44.5 Å². The van der Waals surface area contributed by atoms with Gasteiger partial charge in [0.1, 0.15) is 5.82 Å². The van der Waals surface area contributed by atoms with E-state index in [1.54, 1.807) is 22.6 Å². The number of rotatable bonds is 7. The lowest BCUT2D eigenvalue weighted by Crippen LogP contribution is -2.22. The summed E-state index contributed by atoms with van der Waals surface area (Å²) in [6, 6.07) is 12.5. The van der Waals surface area contributed by atoms with Crippen LogP contribution in [0.5, 0.6) is 0 Å². The predicted octanol–water partition coefficient (Wildman–Crippen LogP) is 4.25. The molecule has 0 aliphatic heterocycles. The van der Waals surface area contributed by atoms with E-state index in [0.29, 0.717) is 21.8 Å². The van der Waals surface area contributed by atoms with E-state index in [-0.39, 0.29) is 28.1 Å². The first-order valence-electron chi connectivity index (χ1n) is 10.9. The van der Waals surface area contributed by atoms with Gasteiger partial charge in [0, 0.05) is 36.7 Å². The van der Waals surface area contributed by atoms with Crippen LogP contribution in [0.15, 0.2) is 63.0 Å². The number of benzene rings is 2. The van der Waals surface area contributed by atoms with Crippen molar-refractivity contribution in [3.05, 3.63) is 71.3 Å². The van der Waals surface area contributed by atoms with Gasteiger partial charge in [-0.05, 0) is 62.4 Å². The van der Waals surface area contributed by atoms with Gasteiger partial charge in [0.05, 0.1) is 16.2 Å². The maximum absolute atomic E-state index is 13.4. The molecule has 5 rings (SSSR count). The standard InChI is InChI=1S/C24H22FN5O4S2/c1-14-11-19(15(2)29(14)17-7-5-16(25)6-8-17)21(31)13-35-24-27-26-23-30(24)20-12-18(9-10-22(20)34-23)36(32,33)28(3)4/h5-12H,13H2,1-4H3. The summed E-state index contributed by atoms with van der Waals surface area (Å²) in [6.07, 6.45) is 0. The van der Waals surface area contributed by atoms with Crippen molar-refractivity contribution in [3.63, 3.8) is 0 Å². The van der Waals surface area contributed by atoms with Gasteiger partial charge >= 0.3 is 5.84 Å². The second-order valence-electron chi connectivity index (χ2n) is 8.43. The van der Waals surface area contributed by atoms with Crippen LogP contribution < -0.4 is 0 Å². The molecule has 0 aliphatic rings. The maximum atomic E-state index is 13.4. The predicted molar refractivity (Wildman–Crippen MR) is 134 cm³/mol. The van der Waals surface area contributed by atoms with Gasteiger partial charge in [0.15, 0.2) is 16.5 Å². The maximum Gasteiger partial charge on any atom is 0.328 e. The molecule has 36 heavy (non-hydrogen) atoms. The van der Waals surface area contributed by atoms with Crippen LogP contribution in [0.4, 0.5) is 4.39 Å². The quantitative estimate of drug-likeness (QED) is 0.230. The summed E-state index contributed by atoms with van der Waals surface area (Å²) >= 11 is 1.18. The van der Waals surface area contributed by atoms with Crippen LogP contribution in [0.1, 0.15) is 21.7 Å². The van der Waals surface area contributed by atoms with E-state index in [1.165, 1.54) is 50.1 Å². The van der Waals surface area contributed by atoms with Crippen LogP contribution in [0.3, 0.4) is 0 Å². The van der Waals surface area contributed by atoms with Gasteiger partial charge in [-0.2, -0.15) is 0 Å². The number of nitrogens with zero attached hydrogens (tertiary/aromatic N) is 5. The lowest BCUT2D eigenvalue weighted by atomic mass is 10.2. The molecule has 0 saturated carbocycles. The monoisotopic (exact) mass is 527 g/mol. The zero-order valence-electron chi connectivity index (χ0n) is 19.9. The number of Topliss-reactive ketones (excluding diaryl/α,β-unsaturated/α-hetero) is 1. The minimum Gasteiger partial charge on any atom is -0.422 e. The van der Waals surface area contributed by atoms with Gasteiger partial charge in [-0.25, -0.2) is 21.5 Å². The van der Waals surface area contributed by atoms with E-state index in [1.807, 2.05) is 24.5 Å². The number of ketones is 1. The summed E-state index contributed by atoms with van der Waals surface area (Å²) in [4.78, 5) is 13.3. The molecule has 3 aromatic heterocycles. The van der Waals surface area contributed by atoms with Gasteiger partial charge in [0.2, 0.25) is 10.0 Å². The van der Waals surface area contributed by atoms with Gasteiger partial charge in [0.25, 0.3) is 0 Å². The minimum atomic E-state index is -3.65. The summed E-state index contributed by atoms with van der Waals surface area (Å²) in [5.74, 6) is -0.154. The Bertz CT molecular complexity index is 1730. The van der Waals surface area contributed by atoms with Crippen molar-refractivity contribution in [1.29, 1.82) is 0 Å². The number of halogens is 1. The summed E-state index contributed by atoms with van der Waals surface area (Å²) in [7, 11) is -0.728. The first kappa shape index (κ1) is 24.2. The molecule has 12 heteroatoms. The largest absolute Gasteiger partial charge is 0.422 e. The summed E-state index contributed by atoms with van der Waals surface area (Å²) < 4.78 is 48.9. The zero-order valence-corrected chi connectivity index (χ0v) is 21.5. The van der Waals surface area contributed by atoms with Gasteiger partial charge in [-0.1, -0.05) is 16.9 Å². The molecule has 0 radical (unpaired) electrons. The van der Waals surface area contributed by atoms with Gasteiger partial charge in [-0.3, -0.25) is 4.79 Å². The molecule has 5 aromatic rings. The summed E-state index contributed by atoms with van der Waals surface area (Å²) in [6.45, 7) is 3.74. The third-order valence-corrected chi connectivity index (χ3v) is 8.64. The minimum absolute atomic E-state index is 0.0802. The number of carbonyl (C=O) groups excluding carboxylic acids is 1. The van der Waals surface area contributed by atoms with Crippen LogP contribution in [0, 0.1) is 19.7 Å². The molecule has 0 N–H and O–H groups in total. The van der Waals surface area contributed by atoms with Crippen LogP contribution in [-0.4, -0.2) is 57.5 Å². The average molecular weight is 528 g/mol. The van der Waals surface area contributed by atoms with Gasteiger partial charge < -0.3 is 8.98 Å². The van der Waals surface area contributed by atoms with E-state index >= 15 is 0 Å². The topological polar surface area (TPSA) is 103 Å². The molecule has 186 valence electrons. The Hall–Kier alpha value is -3.48. The lowest BCUT2D eigenvalue weighted by Gasteiger charge is -2.11. The molecule has 0 saturated heterocycles. The zero-order chi connectivity index (χ0) is 25.8. The molecule has 3 heterocycles. The first-order chi connectivity index (χ1) is 17.1. The number of carbonyl (C=O) groups is 1. The highest BCUT2D eigenvalue weighted by Gasteiger charge is 2.22. The first-order valence-corrected chi connectivity index (χ1v) is 13.3. The number of aromatic nitrogens is 4. The number of hydrogen-bond acceptors (Lipinski definition) is 7. The van der Waals surface area contributed by atoms with Crippen LogP contribution in [0.25, 0.3) is 22.6 Å². The number of hydrogen-bond donors (Lipinski definition) is 0. The fourth-order valence-corrected chi connectivity index (χ4v) is 5.83. The van der Waals surface area contributed by atoms with Crippen LogP contribution in [0.2, 0.25) is 0 Å². The molecule has 9 nitrogen and oxygen atoms in total. The van der Waals surface area contributed by atoms with Gasteiger partial charge in [-0.15, -0.1) is 5.10 Å². The highest BCUT2D eigenvalue weighted by Crippen LogP contribution is 2.29. The third kappa shape index (κ3) is 4.00. The van der Waals surface area contributed by atoms with Crippen LogP contribution >= 0.6 is 11.8 Å². The Morgan fingerprint density at radius 3 is 2.50 bits per heavy atom. The second-order valence-corrected chi connectivity index (χ2v) is 11.5. The molecule has 0 amide bonds. The number of fused-ring (bicyclic) bond motifs is 3. The highest BCUT2D eigenvalue weighted by atomic mass is 32.2. The van der Waals surface area contributed by atoms with Crippen molar-refractivity contribution < 1.29 is 22.0 Å². The van der Waals surface area contributed by atoms with Crippen molar-refractivity contribution in [3.8, 4) is 5.69 Å². The number of aryl methyl sites for hydroxylation is 1. The lowest BCUT2D eigenvalue weighted by molar-refractivity contribution is 0.102. The molecule has 0 atom stereocenters. The Labute approximate surface area is 210 Å². The fraction of sp³-hybridized carbons (Fsp3) is 0.208. The number of oxazole rings is 1. The SMILES string of the molecule is Cc1cc(C(=O)CSc2nnc3oc4ccc(S(=O)(=O)N(C)C)cc4n23)c(C)n1-c1ccc(F)cc1. The smallest absolute Gasteiger partial charge is 0.328 e. The summed E-state index contributed by atoms with van der Waals surface area (Å²) in [5, 5.41) is 8.57. The summed E-state index contributed by atoms with van der Waals surface area (Å²) in [5.41, 5.74) is 3.87. The van der Waals surface area contributed by atoms with E-state index < -0.39 is 10.0 Å². The van der Waals surface area contributed by atoms with Crippen LogP contribution in [-0.2, 0) is 10.0 Å². The van der Waals surface area contributed by atoms with E-state index in [0.717, 1.165) is 21.4 Å². The number of thioether (sulfide) groups is 1. The normalized spacial score (nSPS) is 12.3. The molecule has 0 fully saturated rings. The Kier molecular flexibility index (Phi) is 5.97. The van der Waals surface area contributed by atoms with Crippen molar-refractivity contribution in [2.45, 2.75) is 23.9 Å². The molecule has 2 aromatic carbocycles. The van der Waals surface area contributed by atoms with E-state index in [2.05, 4.69) is 10.2 Å². The molecule has 0 unspecified atom stereocenters. The average Bonchev–Trinajstić information content (AvgIpc) is 3.49. The third-order valence-electron chi connectivity index (χ3n) is 5.90. The van der Waals surface area contributed by atoms with E-state index in [9.17, 15) is 17.6 Å². The molecule has 0 bridgehead atoms. The fourth-order valence-electron chi connectivity index (χ4n) is 4.09. The highest BCUT2D eigenvalue weighted by molar-refractivity contribution is 7.99.